The minimum Gasteiger partial charge on any atom is -0.323 e. The van der Waals surface area contributed by atoms with Gasteiger partial charge in [-0.25, -0.2) is 0 Å². The van der Waals surface area contributed by atoms with Crippen LogP contribution in [0.25, 0.3) is 0 Å². The van der Waals surface area contributed by atoms with E-state index < -0.39 is 0 Å². The van der Waals surface area contributed by atoms with Gasteiger partial charge in [0.25, 0.3) is 0 Å². The molecular weight excluding hydrogens is 188 g/mol. The third-order valence-electron chi connectivity index (χ3n) is 4.09. The highest BCUT2D eigenvalue weighted by molar-refractivity contribution is 5.84. The van der Waals surface area contributed by atoms with Crippen molar-refractivity contribution in [3.05, 3.63) is 0 Å². The van der Waals surface area contributed by atoms with Gasteiger partial charge in [-0.3, -0.25) is 10.1 Å². The van der Waals surface area contributed by atoms with Crippen LogP contribution in [0, 0.1) is 5.92 Å². The molecule has 0 radical (unpaired) electrons. The summed E-state index contributed by atoms with van der Waals surface area (Å²) in [4.78, 5) is 14.2. The zero-order chi connectivity index (χ0) is 11.0. The largest absolute Gasteiger partial charge is 0.323 e. The standard InChI is InChI=1S/C12H22N2O/c1-4-11-12(15)14(9(3)13-11)8(2)10-6-5-7-10/h8-11,13H,4-7H2,1-3H3. The fourth-order valence-corrected chi connectivity index (χ4v) is 2.81. The molecule has 2 rings (SSSR count). The number of hydrogen-bond acceptors (Lipinski definition) is 2. The van der Waals surface area contributed by atoms with E-state index in [-0.39, 0.29) is 12.2 Å². The molecule has 1 aliphatic heterocycles. The number of carbonyl (C=O) groups is 1. The van der Waals surface area contributed by atoms with Gasteiger partial charge < -0.3 is 4.90 Å². The normalized spacial score (nSPS) is 34.3. The Morgan fingerprint density at radius 1 is 1.53 bits per heavy atom. The van der Waals surface area contributed by atoms with E-state index in [9.17, 15) is 4.79 Å². The van der Waals surface area contributed by atoms with Gasteiger partial charge in [0.05, 0.1) is 12.2 Å². The molecule has 2 aliphatic rings. The summed E-state index contributed by atoms with van der Waals surface area (Å²) < 4.78 is 0. The Morgan fingerprint density at radius 2 is 2.20 bits per heavy atom. The molecule has 1 aliphatic carbocycles. The van der Waals surface area contributed by atoms with Crippen molar-refractivity contribution in [3.63, 3.8) is 0 Å². The highest BCUT2D eigenvalue weighted by atomic mass is 16.2. The molecule has 86 valence electrons. The molecule has 1 heterocycles. The van der Waals surface area contributed by atoms with Gasteiger partial charge in [-0.05, 0) is 39.0 Å². The lowest BCUT2D eigenvalue weighted by molar-refractivity contribution is -0.133. The first-order chi connectivity index (χ1) is 7.15. The smallest absolute Gasteiger partial charge is 0.241 e. The molecule has 3 atom stereocenters. The topological polar surface area (TPSA) is 32.3 Å². The maximum absolute atomic E-state index is 12.1. The molecule has 0 aromatic rings. The zero-order valence-electron chi connectivity index (χ0n) is 9.99. The SMILES string of the molecule is CCC1NC(C)N(C(C)C2CCC2)C1=O. The summed E-state index contributed by atoms with van der Waals surface area (Å²) in [5.41, 5.74) is 0. The van der Waals surface area contributed by atoms with Crippen LogP contribution in [-0.2, 0) is 4.79 Å². The maximum Gasteiger partial charge on any atom is 0.241 e. The number of carbonyl (C=O) groups excluding carboxylic acids is 1. The third-order valence-corrected chi connectivity index (χ3v) is 4.09. The van der Waals surface area contributed by atoms with E-state index in [1.54, 1.807) is 0 Å². The Bertz CT molecular complexity index is 250. The van der Waals surface area contributed by atoms with Crippen LogP contribution in [0.5, 0.6) is 0 Å². The van der Waals surface area contributed by atoms with Crippen LogP contribution < -0.4 is 5.32 Å². The minimum atomic E-state index is 0.0579. The molecule has 15 heavy (non-hydrogen) atoms. The molecule has 0 aromatic heterocycles. The first-order valence-electron chi connectivity index (χ1n) is 6.23. The van der Waals surface area contributed by atoms with Crippen molar-refractivity contribution in [2.75, 3.05) is 0 Å². The molecule has 3 unspecified atom stereocenters. The van der Waals surface area contributed by atoms with Gasteiger partial charge in [-0.15, -0.1) is 0 Å². The van der Waals surface area contributed by atoms with Crippen LogP contribution in [0.1, 0.15) is 46.5 Å². The monoisotopic (exact) mass is 210 g/mol. The highest BCUT2D eigenvalue weighted by Gasteiger charge is 2.41. The molecule has 0 bridgehead atoms. The second-order valence-electron chi connectivity index (χ2n) is 4.98. The summed E-state index contributed by atoms with van der Waals surface area (Å²) in [6, 6.07) is 0.479. The van der Waals surface area contributed by atoms with Crippen LogP contribution >= 0.6 is 0 Å². The first kappa shape index (κ1) is 10.9. The Hall–Kier alpha value is -0.570. The van der Waals surface area contributed by atoms with Crippen LogP contribution in [-0.4, -0.2) is 29.1 Å². The van der Waals surface area contributed by atoms with Gasteiger partial charge in [0, 0.05) is 6.04 Å². The maximum atomic E-state index is 12.1. The molecule has 0 spiro atoms. The van der Waals surface area contributed by atoms with Crippen LogP contribution in [0.2, 0.25) is 0 Å². The Morgan fingerprint density at radius 3 is 2.60 bits per heavy atom. The van der Waals surface area contributed by atoms with Gasteiger partial charge in [0.1, 0.15) is 0 Å². The Labute approximate surface area is 92.2 Å². The predicted molar refractivity (Wildman–Crippen MR) is 60.3 cm³/mol. The van der Waals surface area contributed by atoms with Gasteiger partial charge in [0.2, 0.25) is 5.91 Å². The quantitative estimate of drug-likeness (QED) is 0.769. The van der Waals surface area contributed by atoms with E-state index >= 15 is 0 Å². The fraction of sp³-hybridized carbons (Fsp3) is 0.917. The van der Waals surface area contributed by atoms with Crippen molar-refractivity contribution in [2.24, 2.45) is 5.92 Å². The van der Waals surface area contributed by atoms with Crippen molar-refractivity contribution >= 4 is 5.91 Å². The molecule has 1 N–H and O–H groups in total. The first-order valence-corrected chi connectivity index (χ1v) is 6.23. The van der Waals surface area contributed by atoms with Crippen molar-refractivity contribution in [2.45, 2.75) is 64.7 Å². The van der Waals surface area contributed by atoms with E-state index in [4.69, 9.17) is 0 Å². The lowest BCUT2D eigenvalue weighted by Gasteiger charge is -2.39. The lowest BCUT2D eigenvalue weighted by Crippen LogP contribution is -2.47. The molecule has 1 saturated carbocycles. The number of nitrogens with zero attached hydrogens (tertiary/aromatic N) is 1. The Kier molecular flexibility index (Phi) is 3.01. The number of nitrogens with one attached hydrogen (secondary N) is 1. The van der Waals surface area contributed by atoms with Crippen molar-refractivity contribution in [1.29, 1.82) is 0 Å². The molecule has 3 nitrogen and oxygen atoms in total. The molecular formula is C12H22N2O. The van der Waals surface area contributed by atoms with Gasteiger partial charge in [0.15, 0.2) is 0 Å². The number of rotatable bonds is 3. The number of amides is 1. The van der Waals surface area contributed by atoms with Gasteiger partial charge in [-0.1, -0.05) is 13.3 Å². The Balaban J connectivity index is 2.04. The summed E-state index contributed by atoms with van der Waals surface area (Å²) in [6.45, 7) is 6.38. The third kappa shape index (κ3) is 1.78. The average Bonchev–Trinajstić information content (AvgIpc) is 2.38. The van der Waals surface area contributed by atoms with Crippen molar-refractivity contribution in [1.82, 2.24) is 10.2 Å². The van der Waals surface area contributed by atoms with E-state index in [0.717, 1.165) is 12.3 Å². The zero-order valence-corrected chi connectivity index (χ0v) is 9.99. The van der Waals surface area contributed by atoms with E-state index in [1.165, 1.54) is 19.3 Å². The average molecular weight is 210 g/mol. The second-order valence-corrected chi connectivity index (χ2v) is 4.98. The molecule has 0 aromatic carbocycles. The molecule has 2 fully saturated rings. The molecule has 1 amide bonds. The summed E-state index contributed by atoms with van der Waals surface area (Å²) >= 11 is 0. The van der Waals surface area contributed by atoms with E-state index in [2.05, 4.69) is 31.0 Å². The summed E-state index contributed by atoms with van der Waals surface area (Å²) in [6.07, 6.45) is 5.06. The van der Waals surface area contributed by atoms with Crippen LogP contribution in [0.3, 0.4) is 0 Å². The van der Waals surface area contributed by atoms with Crippen LogP contribution in [0.15, 0.2) is 0 Å². The highest BCUT2D eigenvalue weighted by Crippen LogP contribution is 2.34. The van der Waals surface area contributed by atoms with E-state index in [0.29, 0.717) is 11.9 Å². The molecule has 1 saturated heterocycles. The summed E-state index contributed by atoms with van der Waals surface area (Å²) in [5, 5.41) is 3.36. The van der Waals surface area contributed by atoms with E-state index in [1.807, 2.05) is 0 Å². The summed E-state index contributed by atoms with van der Waals surface area (Å²) in [7, 11) is 0. The van der Waals surface area contributed by atoms with Crippen molar-refractivity contribution in [3.8, 4) is 0 Å². The molecule has 3 heteroatoms. The summed E-state index contributed by atoms with van der Waals surface area (Å²) in [5.74, 6) is 1.05. The second kappa shape index (κ2) is 4.12. The minimum absolute atomic E-state index is 0.0579. The van der Waals surface area contributed by atoms with Crippen molar-refractivity contribution < 1.29 is 4.79 Å². The fourth-order valence-electron chi connectivity index (χ4n) is 2.81. The van der Waals surface area contributed by atoms with Gasteiger partial charge in [-0.2, -0.15) is 0 Å². The lowest BCUT2D eigenvalue weighted by atomic mass is 9.79. The van der Waals surface area contributed by atoms with Gasteiger partial charge >= 0.3 is 0 Å². The predicted octanol–water partition coefficient (Wildman–Crippen LogP) is 1.73. The number of hydrogen-bond donors (Lipinski definition) is 1. The van der Waals surface area contributed by atoms with Crippen LogP contribution in [0.4, 0.5) is 0 Å².